The van der Waals surface area contributed by atoms with Crippen LogP contribution in [0, 0.1) is 0 Å². The van der Waals surface area contributed by atoms with Crippen LogP contribution >= 0.6 is 11.3 Å². The van der Waals surface area contributed by atoms with Gasteiger partial charge in [-0.3, -0.25) is 5.32 Å². The molecule has 1 aliphatic heterocycles. The molecule has 0 saturated heterocycles. The molecule has 8 nitrogen and oxygen atoms in total. The highest BCUT2D eigenvalue weighted by Crippen LogP contribution is 2.32. The van der Waals surface area contributed by atoms with E-state index in [1.807, 2.05) is 4.57 Å². The molecule has 0 spiro atoms. The molecule has 0 bridgehead atoms. The van der Waals surface area contributed by atoms with E-state index in [9.17, 15) is 18.0 Å². The SMILES string of the molecule is O=C(NCc1nnc2n1CCCC2)Nc1nnc(C(F)(F)F)s1. The second-order valence-corrected chi connectivity index (χ2v) is 5.84. The van der Waals surface area contributed by atoms with E-state index < -0.39 is 17.2 Å². The minimum atomic E-state index is -4.57. The maximum absolute atomic E-state index is 12.4. The van der Waals surface area contributed by atoms with Crippen molar-refractivity contribution in [2.75, 3.05) is 5.32 Å². The van der Waals surface area contributed by atoms with Crippen LogP contribution in [0.4, 0.5) is 23.1 Å². The number of hydrogen-bond donors (Lipinski definition) is 2. The first-order chi connectivity index (χ1) is 10.9. The standard InChI is InChI=1S/C11H12F3N7OS/c12-11(13,14)8-19-20-10(23-8)16-9(22)15-5-7-18-17-6-3-1-2-4-21(6)7/h1-5H2,(H2,15,16,20,22). The molecule has 0 fully saturated rings. The molecule has 2 amide bonds. The van der Waals surface area contributed by atoms with Crippen molar-refractivity contribution in [3.8, 4) is 0 Å². The maximum atomic E-state index is 12.4. The third-order valence-corrected chi connectivity index (χ3v) is 4.11. The first kappa shape index (κ1) is 15.6. The van der Waals surface area contributed by atoms with Crippen molar-refractivity contribution < 1.29 is 18.0 Å². The van der Waals surface area contributed by atoms with Crippen LogP contribution in [0.25, 0.3) is 0 Å². The fourth-order valence-electron chi connectivity index (χ4n) is 2.19. The number of hydrogen-bond acceptors (Lipinski definition) is 6. The van der Waals surface area contributed by atoms with Gasteiger partial charge in [0.05, 0.1) is 6.54 Å². The number of carbonyl (C=O) groups excluding carboxylic acids is 1. The quantitative estimate of drug-likeness (QED) is 0.882. The lowest BCUT2D eigenvalue weighted by Crippen LogP contribution is -2.29. The topological polar surface area (TPSA) is 97.6 Å². The van der Waals surface area contributed by atoms with Gasteiger partial charge in [-0.15, -0.1) is 20.4 Å². The summed E-state index contributed by atoms with van der Waals surface area (Å²) in [4.78, 5) is 11.7. The molecule has 0 aromatic carbocycles. The summed E-state index contributed by atoms with van der Waals surface area (Å²) in [6.45, 7) is 0.927. The predicted octanol–water partition coefficient (Wildman–Crippen LogP) is 1.81. The fourth-order valence-corrected chi connectivity index (χ4v) is 2.79. The second kappa shape index (κ2) is 6.10. The van der Waals surface area contributed by atoms with E-state index in [2.05, 4.69) is 31.0 Å². The van der Waals surface area contributed by atoms with Crippen molar-refractivity contribution in [3.63, 3.8) is 0 Å². The summed E-state index contributed by atoms with van der Waals surface area (Å²) in [5, 5.41) is 17.7. The number of carbonyl (C=O) groups is 1. The lowest BCUT2D eigenvalue weighted by Gasteiger charge is -2.14. The van der Waals surface area contributed by atoms with Crippen LogP contribution in [0.3, 0.4) is 0 Å². The van der Waals surface area contributed by atoms with Gasteiger partial charge in [-0.1, -0.05) is 11.3 Å². The highest BCUT2D eigenvalue weighted by atomic mass is 32.1. The van der Waals surface area contributed by atoms with Crippen molar-refractivity contribution in [3.05, 3.63) is 16.7 Å². The van der Waals surface area contributed by atoms with Gasteiger partial charge in [0.15, 0.2) is 5.82 Å². The van der Waals surface area contributed by atoms with Gasteiger partial charge < -0.3 is 9.88 Å². The van der Waals surface area contributed by atoms with Crippen molar-refractivity contribution in [1.82, 2.24) is 30.3 Å². The largest absolute Gasteiger partial charge is 0.445 e. The summed E-state index contributed by atoms with van der Waals surface area (Å²) >= 11 is 0.262. The van der Waals surface area contributed by atoms with Gasteiger partial charge in [0.1, 0.15) is 5.82 Å². The van der Waals surface area contributed by atoms with Gasteiger partial charge in [0, 0.05) is 13.0 Å². The Hall–Kier alpha value is -2.24. The zero-order valence-corrected chi connectivity index (χ0v) is 12.5. The van der Waals surface area contributed by atoms with Gasteiger partial charge in [0.25, 0.3) is 0 Å². The van der Waals surface area contributed by atoms with Crippen molar-refractivity contribution in [1.29, 1.82) is 0 Å². The number of aryl methyl sites for hydroxylation is 1. The van der Waals surface area contributed by atoms with Crippen LogP contribution in [0.2, 0.25) is 0 Å². The molecule has 12 heteroatoms. The summed E-state index contributed by atoms with van der Waals surface area (Å²) in [7, 11) is 0. The lowest BCUT2D eigenvalue weighted by atomic mass is 10.2. The molecule has 2 aromatic heterocycles. The van der Waals surface area contributed by atoms with E-state index >= 15 is 0 Å². The number of nitrogens with one attached hydrogen (secondary N) is 2. The van der Waals surface area contributed by atoms with E-state index in [1.165, 1.54) is 0 Å². The van der Waals surface area contributed by atoms with E-state index in [-0.39, 0.29) is 23.0 Å². The molecule has 0 unspecified atom stereocenters. The molecule has 0 saturated carbocycles. The zero-order valence-electron chi connectivity index (χ0n) is 11.7. The number of anilines is 1. The first-order valence-electron chi connectivity index (χ1n) is 6.80. The van der Waals surface area contributed by atoms with E-state index in [4.69, 9.17) is 0 Å². The Balaban J connectivity index is 1.56. The minimum Gasteiger partial charge on any atom is -0.331 e. The lowest BCUT2D eigenvalue weighted by molar-refractivity contribution is -0.138. The molecule has 2 N–H and O–H groups in total. The Morgan fingerprint density at radius 2 is 2.04 bits per heavy atom. The number of amides is 2. The molecular weight excluding hydrogens is 335 g/mol. The average Bonchev–Trinajstić information content (AvgIpc) is 3.11. The Bertz CT molecular complexity index is 711. The molecule has 2 aromatic rings. The second-order valence-electron chi connectivity index (χ2n) is 4.86. The average molecular weight is 347 g/mol. The first-order valence-corrected chi connectivity index (χ1v) is 7.61. The van der Waals surface area contributed by atoms with Gasteiger partial charge in [-0.2, -0.15) is 13.2 Å². The van der Waals surface area contributed by atoms with Crippen LogP contribution < -0.4 is 10.6 Å². The Morgan fingerprint density at radius 3 is 2.78 bits per heavy atom. The molecule has 0 atom stereocenters. The third-order valence-electron chi connectivity index (χ3n) is 3.23. The smallest absolute Gasteiger partial charge is 0.331 e. The normalized spacial score (nSPS) is 14.4. The number of nitrogens with zero attached hydrogens (tertiary/aromatic N) is 5. The molecule has 0 radical (unpaired) electrons. The van der Waals surface area contributed by atoms with Gasteiger partial charge in [-0.05, 0) is 12.8 Å². The highest BCUT2D eigenvalue weighted by molar-refractivity contribution is 7.15. The van der Waals surface area contributed by atoms with E-state index in [0.29, 0.717) is 5.82 Å². The molecule has 0 aliphatic carbocycles. The summed E-state index contributed by atoms with van der Waals surface area (Å²) in [5.74, 6) is 1.50. The van der Waals surface area contributed by atoms with Crippen molar-refractivity contribution >= 4 is 22.5 Å². The van der Waals surface area contributed by atoms with Crippen molar-refractivity contribution in [2.45, 2.75) is 38.5 Å². The van der Waals surface area contributed by atoms with E-state index in [1.54, 1.807) is 0 Å². The third kappa shape index (κ3) is 3.57. The predicted molar refractivity (Wildman–Crippen MR) is 73.7 cm³/mol. The van der Waals surface area contributed by atoms with Gasteiger partial charge in [0.2, 0.25) is 10.1 Å². The molecule has 3 heterocycles. The van der Waals surface area contributed by atoms with Gasteiger partial charge >= 0.3 is 12.2 Å². The number of urea groups is 1. The molecule has 23 heavy (non-hydrogen) atoms. The van der Waals surface area contributed by atoms with Crippen LogP contribution in [0.1, 0.15) is 29.5 Å². The maximum Gasteiger partial charge on any atom is 0.445 e. The van der Waals surface area contributed by atoms with E-state index in [0.717, 1.165) is 31.6 Å². The molecule has 124 valence electrons. The van der Waals surface area contributed by atoms with Gasteiger partial charge in [-0.25, -0.2) is 4.79 Å². The highest BCUT2D eigenvalue weighted by Gasteiger charge is 2.35. The summed E-state index contributed by atoms with van der Waals surface area (Å²) < 4.78 is 39.1. The minimum absolute atomic E-state index is 0.129. The molecule has 3 rings (SSSR count). The Morgan fingerprint density at radius 1 is 1.22 bits per heavy atom. The monoisotopic (exact) mass is 347 g/mol. The van der Waals surface area contributed by atoms with Crippen molar-refractivity contribution in [2.24, 2.45) is 0 Å². The molecular formula is C11H12F3N7OS. The molecule has 1 aliphatic rings. The number of alkyl halides is 3. The Kier molecular flexibility index (Phi) is 4.15. The van der Waals surface area contributed by atoms with Crippen LogP contribution in [-0.2, 0) is 25.7 Å². The number of fused-ring (bicyclic) bond motifs is 1. The summed E-state index contributed by atoms with van der Waals surface area (Å²) in [6.07, 6.45) is -1.64. The zero-order chi connectivity index (χ0) is 16.4. The Labute approximate surface area is 132 Å². The number of halogens is 3. The summed E-state index contributed by atoms with van der Waals surface area (Å²) in [5.41, 5.74) is 0. The number of aromatic nitrogens is 5. The summed E-state index contributed by atoms with van der Waals surface area (Å²) in [6, 6.07) is -0.678. The van der Waals surface area contributed by atoms with Crippen LogP contribution in [0.5, 0.6) is 0 Å². The number of rotatable bonds is 3. The van der Waals surface area contributed by atoms with Crippen LogP contribution in [0.15, 0.2) is 0 Å². The fraction of sp³-hybridized carbons (Fsp3) is 0.545. The van der Waals surface area contributed by atoms with Crippen LogP contribution in [-0.4, -0.2) is 31.0 Å².